The number of aliphatic hydroxyl groups excluding tert-OH is 1. The average Bonchev–Trinajstić information content (AvgIpc) is 3.12. The van der Waals surface area contributed by atoms with Gasteiger partial charge in [0.1, 0.15) is 0 Å². The highest BCUT2D eigenvalue weighted by atomic mass is 17.3. The van der Waals surface area contributed by atoms with E-state index >= 15 is 0 Å². The van der Waals surface area contributed by atoms with E-state index in [1.165, 1.54) is 6.92 Å². The summed E-state index contributed by atoms with van der Waals surface area (Å²) < 4.78 is 18.2. The molecule has 5 fully saturated rings. The number of hydrogen-bond donors (Lipinski definition) is 4. The smallest absolute Gasteiger partial charge is 0.328 e. The summed E-state index contributed by atoms with van der Waals surface area (Å²) in [5.74, 6) is -3.30. The Morgan fingerprint density at radius 2 is 1.77 bits per heavy atom. The number of amides is 2. The second-order valence-corrected chi connectivity index (χ2v) is 11.8. The number of carbonyl (C=O) groups excluding carboxylic acids is 3. The zero-order valence-corrected chi connectivity index (χ0v) is 23.6. The fourth-order valence-electron chi connectivity index (χ4n) is 6.61. The molecule has 226 valence electrons. The summed E-state index contributed by atoms with van der Waals surface area (Å²) in [6.45, 7) is 7.46. The first-order valence-corrected chi connectivity index (χ1v) is 14.2. The largest absolute Gasteiger partial charge is 0.480 e. The van der Waals surface area contributed by atoms with E-state index in [-0.39, 0.29) is 55.9 Å². The summed E-state index contributed by atoms with van der Waals surface area (Å²) >= 11 is 0. The molecule has 0 aromatic rings. The highest BCUT2D eigenvalue weighted by molar-refractivity contribution is 5.84. The SMILES string of the molecule is C[C@@H]1[C@H](OC(=O)CCC(=O)NCCCC(=O)N[C@H](C(=O)O)[C@H](C)O)O[C@H]2O[C@@]3(C)CC[C@H]4[C@H](C)CC[C@H]1[C@@]24OO3. The molecule has 1 saturated carbocycles. The summed E-state index contributed by atoms with van der Waals surface area (Å²) in [5, 5.41) is 23.3. The van der Waals surface area contributed by atoms with Crippen molar-refractivity contribution in [2.24, 2.45) is 23.7 Å². The van der Waals surface area contributed by atoms with Crippen LogP contribution in [-0.4, -0.2) is 76.6 Å². The second kappa shape index (κ2) is 12.3. The van der Waals surface area contributed by atoms with Gasteiger partial charge in [-0.3, -0.25) is 14.4 Å². The molecule has 4 N–H and O–H groups in total. The molecule has 4 aliphatic heterocycles. The van der Waals surface area contributed by atoms with Crippen molar-refractivity contribution in [3.8, 4) is 0 Å². The van der Waals surface area contributed by atoms with Crippen LogP contribution < -0.4 is 10.6 Å². The number of carboxylic acid groups (broad SMARTS) is 1. The number of ether oxygens (including phenoxy) is 3. The van der Waals surface area contributed by atoms with Crippen LogP contribution in [-0.2, 0) is 43.2 Å². The van der Waals surface area contributed by atoms with Gasteiger partial charge >= 0.3 is 11.9 Å². The standard InChI is InChI=1S/C27H42N2O11/c1-14-7-8-18-15(2)24(37-25-27(18)17(14)11-12-26(4,38-25)39-40-27)36-21(33)10-9-19(31)28-13-5-6-20(32)29-22(16(3)30)23(34)35/h14-18,22,24-25,30H,5-13H2,1-4H3,(H,28,31)(H,29,32)(H,34,35)/t14-,15+,16+,17+,18-,22+,24-,25+,26-,27-/m1/s1. The zero-order valence-electron chi connectivity index (χ0n) is 23.6. The van der Waals surface area contributed by atoms with Crippen LogP contribution in [0.2, 0.25) is 0 Å². The van der Waals surface area contributed by atoms with Crippen molar-refractivity contribution in [1.82, 2.24) is 10.6 Å². The maximum absolute atomic E-state index is 12.7. The summed E-state index contributed by atoms with van der Waals surface area (Å²) in [4.78, 5) is 59.7. The van der Waals surface area contributed by atoms with Crippen molar-refractivity contribution in [3.63, 3.8) is 0 Å². The van der Waals surface area contributed by atoms with Crippen LogP contribution in [0.1, 0.15) is 79.1 Å². The number of esters is 1. The summed E-state index contributed by atoms with van der Waals surface area (Å²) in [5.41, 5.74) is -0.752. The Bertz CT molecular complexity index is 976. The first-order chi connectivity index (χ1) is 18.9. The van der Waals surface area contributed by atoms with Gasteiger partial charge in [-0.05, 0) is 51.4 Å². The van der Waals surface area contributed by atoms with Crippen LogP contribution in [0.15, 0.2) is 0 Å². The number of fused-ring (bicyclic) bond motifs is 2. The quantitative estimate of drug-likeness (QED) is 0.160. The average molecular weight is 571 g/mol. The van der Waals surface area contributed by atoms with Gasteiger partial charge in [0.2, 0.25) is 23.9 Å². The normalized spacial score (nSPS) is 37.8. The zero-order chi connectivity index (χ0) is 29.2. The molecule has 1 spiro atoms. The third-order valence-electron chi connectivity index (χ3n) is 8.87. The summed E-state index contributed by atoms with van der Waals surface area (Å²) in [6, 6.07) is -1.40. The maximum atomic E-state index is 12.7. The minimum absolute atomic E-state index is 0.0137. The molecule has 10 atom stereocenters. The molecule has 0 aromatic heterocycles. The number of aliphatic hydroxyl groups is 1. The number of carboxylic acids is 1. The molecule has 0 unspecified atom stereocenters. The predicted molar refractivity (Wildman–Crippen MR) is 136 cm³/mol. The van der Waals surface area contributed by atoms with E-state index in [1.54, 1.807) is 0 Å². The van der Waals surface area contributed by atoms with Crippen LogP contribution in [0.25, 0.3) is 0 Å². The second-order valence-electron chi connectivity index (χ2n) is 11.8. The van der Waals surface area contributed by atoms with Crippen LogP contribution in [0.4, 0.5) is 0 Å². The molecule has 0 radical (unpaired) electrons. The van der Waals surface area contributed by atoms with Gasteiger partial charge in [-0.2, -0.15) is 0 Å². The Morgan fingerprint density at radius 3 is 2.48 bits per heavy atom. The van der Waals surface area contributed by atoms with E-state index < -0.39 is 54.0 Å². The number of aliphatic carboxylic acids is 1. The third-order valence-corrected chi connectivity index (χ3v) is 8.87. The van der Waals surface area contributed by atoms with Crippen LogP contribution in [0, 0.1) is 23.7 Å². The van der Waals surface area contributed by atoms with Crippen LogP contribution in [0.5, 0.6) is 0 Å². The fraction of sp³-hybridized carbons (Fsp3) is 0.852. The van der Waals surface area contributed by atoms with Gasteiger partial charge in [0.15, 0.2) is 17.9 Å². The molecule has 13 heteroatoms. The Labute approximate surface area is 233 Å². The molecule has 5 aliphatic rings. The molecular formula is C27H42N2O11. The molecule has 1 aliphatic carbocycles. The van der Waals surface area contributed by atoms with Gasteiger partial charge < -0.3 is 35.1 Å². The van der Waals surface area contributed by atoms with Crippen LogP contribution >= 0.6 is 0 Å². The number of nitrogens with one attached hydrogen (secondary N) is 2. The third kappa shape index (κ3) is 6.28. The molecule has 4 saturated heterocycles. The van der Waals surface area contributed by atoms with Crippen molar-refractivity contribution in [3.05, 3.63) is 0 Å². The minimum atomic E-state index is -1.40. The van der Waals surface area contributed by atoms with Crippen molar-refractivity contribution >= 4 is 23.8 Å². The topological polar surface area (TPSA) is 179 Å². The molecule has 40 heavy (non-hydrogen) atoms. The van der Waals surface area contributed by atoms with Gasteiger partial charge in [-0.25, -0.2) is 14.6 Å². The molecule has 13 nitrogen and oxygen atoms in total. The van der Waals surface area contributed by atoms with Crippen molar-refractivity contribution in [2.45, 2.75) is 115 Å². The van der Waals surface area contributed by atoms with Gasteiger partial charge in [0, 0.05) is 37.6 Å². The Kier molecular flexibility index (Phi) is 9.40. The molecule has 5 rings (SSSR count). The lowest BCUT2D eigenvalue weighted by Crippen LogP contribution is -2.70. The highest BCUT2D eigenvalue weighted by Crippen LogP contribution is 2.60. The van der Waals surface area contributed by atoms with Crippen molar-refractivity contribution in [2.75, 3.05) is 6.54 Å². The minimum Gasteiger partial charge on any atom is -0.480 e. The molecule has 2 bridgehead atoms. The maximum Gasteiger partial charge on any atom is 0.328 e. The van der Waals surface area contributed by atoms with E-state index in [0.29, 0.717) is 12.3 Å². The molecule has 2 amide bonds. The number of carbonyl (C=O) groups is 4. The first-order valence-electron chi connectivity index (χ1n) is 14.2. The highest BCUT2D eigenvalue weighted by Gasteiger charge is 2.69. The number of hydrogen-bond acceptors (Lipinski definition) is 10. The van der Waals surface area contributed by atoms with E-state index in [2.05, 4.69) is 17.6 Å². The molecule has 0 aromatic carbocycles. The Balaban J connectivity index is 1.22. The van der Waals surface area contributed by atoms with E-state index in [0.717, 1.165) is 19.3 Å². The lowest BCUT2D eigenvalue weighted by molar-refractivity contribution is -0.576. The monoisotopic (exact) mass is 570 g/mol. The summed E-state index contributed by atoms with van der Waals surface area (Å²) in [7, 11) is 0. The molecule has 4 heterocycles. The van der Waals surface area contributed by atoms with Gasteiger partial charge in [-0.15, -0.1) is 0 Å². The fourth-order valence-corrected chi connectivity index (χ4v) is 6.61. The van der Waals surface area contributed by atoms with Crippen LogP contribution in [0.3, 0.4) is 0 Å². The Hall–Kier alpha value is -2.32. The summed E-state index contributed by atoms with van der Waals surface area (Å²) in [6.07, 6.45) is 0.639. The number of rotatable bonds is 11. The van der Waals surface area contributed by atoms with E-state index in [9.17, 15) is 24.3 Å². The van der Waals surface area contributed by atoms with Crippen molar-refractivity contribution in [1.29, 1.82) is 0 Å². The lowest BCUT2D eigenvalue weighted by atomic mass is 9.58. The Morgan fingerprint density at radius 1 is 1.02 bits per heavy atom. The van der Waals surface area contributed by atoms with Gasteiger partial charge in [0.25, 0.3) is 0 Å². The lowest BCUT2D eigenvalue weighted by Gasteiger charge is -2.59. The van der Waals surface area contributed by atoms with E-state index in [4.69, 9.17) is 29.1 Å². The first kappa shape index (κ1) is 30.6. The predicted octanol–water partition coefficient (Wildman–Crippen LogP) is 1.36. The van der Waals surface area contributed by atoms with Gasteiger partial charge in [-0.1, -0.05) is 13.8 Å². The molecular weight excluding hydrogens is 528 g/mol. The van der Waals surface area contributed by atoms with E-state index in [1.807, 2.05) is 13.8 Å². The van der Waals surface area contributed by atoms with Crippen molar-refractivity contribution < 1.29 is 53.4 Å². The van der Waals surface area contributed by atoms with Gasteiger partial charge in [0.05, 0.1) is 12.5 Å².